The molecular formula is C8H6F3NO2. The zero-order valence-corrected chi connectivity index (χ0v) is 7.13. The Balaban J connectivity index is 3.25. The summed E-state index contributed by atoms with van der Waals surface area (Å²) in [6.07, 6.45) is -4.53. The first-order chi connectivity index (χ1) is 6.49. The van der Waals surface area contributed by atoms with E-state index < -0.39 is 17.4 Å². The Morgan fingerprint density at radius 2 is 2.07 bits per heavy atom. The van der Waals surface area contributed by atoms with Crippen LogP contribution in [0.15, 0.2) is 12.1 Å². The normalized spacial score (nSPS) is 11.1. The highest BCUT2D eigenvalue weighted by molar-refractivity contribution is 5.74. The third-order valence-corrected chi connectivity index (χ3v) is 1.53. The summed E-state index contributed by atoms with van der Waals surface area (Å²) in [7, 11) is 1.25. The van der Waals surface area contributed by atoms with Crippen LogP contribution in [0.1, 0.15) is 16.1 Å². The third-order valence-electron chi connectivity index (χ3n) is 1.53. The lowest BCUT2D eigenvalue weighted by atomic mass is 10.2. The van der Waals surface area contributed by atoms with Gasteiger partial charge in [-0.1, -0.05) is 0 Å². The van der Waals surface area contributed by atoms with Gasteiger partial charge in [0.25, 0.3) is 0 Å². The van der Waals surface area contributed by atoms with E-state index in [1.165, 1.54) is 7.11 Å². The molecule has 1 aromatic rings. The fourth-order valence-electron chi connectivity index (χ4n) is 0.899. The van der Waals surface area contributed by atoms with Crippen LogP contribution in [-0.2, 0) is 6.18 Å². The first kappa shape index (κ1) is 10.5. The number of aromatic nitrogens is 1. The third kappa shape index (κ3) is 2.01. The van der Waals surface area contributed by atoms with Crippen molar-refractivity contribution in [2.24, 2.45) is 0 Å². The molecule has 0 amide bonds. The summed E-state index contributed by atoms with van der Waals surface area (Å²) < 4.78 is 41.3. The Bertz CT molecular complexity index is 349. The molecule has 0 aliphatic heterocycles. The average molecular weight is 205 g/mol. The maximum Gasteiger partial charge on any atom is 0.418 e. The number of nitrogens with zero attached hydrogens (tertiary/aromatic N) is 1. The molecule has 0 aliphatic carbocycles. The Morgan fingerprint density at radius 1 is 1.43 bits per heavy atom. The number of methoxy groups -OCH3 is 1. The minimum atomic E-state index is -4.57. The molecule has 76 valence electrons. The van der Waals surface area contributed by atoms with Gasteiger partial charge in [-0.2, -0.15) is 13.2 Å². The number of rotatable bonds is 2. The molecule has 6 heteroatoms. The standard InChI is InChI=1S/C8H6F3NO2/c1-14-7-3-2-5(8(9,10)11)6(4-13)12-7/h2-4H,1H3. The number of alkyl halides is 3. The number of carbonyl (C=O) groups excluding carboxylic acids is 1. The number of ether oxygens (including phenoxy) is 1. The van der Waals surface area contributed by atoms with E-state index in [0.29, 0.717) is 0 Å². The second-order valence-electron chi connectivity index (χ2n) is 2.40. The van der Waals surface area contributed by atoms with Crippen molar-refractivity contribution in [3.8, 4) is 5.88 Å². The Morgan fingerprint density at radius 3 is 2.50 bits per heavy atom. The maximum atomic E-state index is 12.2. The van der Waals surface area contributed by atoms with E-state index in [1.54, 1.807) is 0 Å². The zero-order valence-electron chi connectivity index (χ0n) is 7.13. The van der Waals surface area contributed by atoms with Crippen LogP contribution >= 0.6 is 0 Å². The van der Waals surface area contributed by atoms with Gasteiger partial charge in [0, 0.05) is 6.07 Å². The van der Waals surface area contributed by atoms with Crippen molar-refractivity contribution in [3.63, 3.8) is 0 Å². The molecule has 0 aliphatic rings. The van der Waals surface area contributed by atoms with Gasteiger partial charge < -0.3 is 4.74 Å². The Hall–Kier alpha value is -1.59. The van der Waals surface area contributed by atoms with Crippen molar-refractivity contribution in [1.29, 1.82) is 0 Å². The van der Waals surface area contributed by atoms with Crippen molar-refractivity contribution >= 4 is 6.29 Å². The molecule has 1 rings (SSSR count). The highest BCUT2D eigenvalue weighted by atomic mass is 19.4. The highest BCUT2D eigenvalue weighted by Gasteiger charge is 2.34. The first-order valence-corrected chi connectivity index (χ1v) is 3.56. The van der Waals surface area contributed by atoms with E-state index in [4.69, 9.17) is 0 Å². The van der Waals surface area contributed by atoms with Gasteiger partial charge >= 0.3 is 6.18 Å². The molecule has 0 unspecified atom stereocenters. The smallest absolute Gasteiger partial charge is 0.418 e. The van der Waals surface area contributed by atoms with Gasteiger partial charge in [-0.15, -0.1) is 0 Å². The van der Waals surface area contributed by atoms with Crippen molar-refractivity contribution in [2.45, 2.75) is 6.18 Å². The van der Waals surface area contributed by atoms with Crippen LogP contribution in [-0.4, -0.2) is 18.4 Å². The number of carbonyl (C=O) groups is 1. The molecule has 0 fully saturated rings. The summed E-state index contributed by atoms with van der Waals surface area (Å²) in [6, 6.07) is 1.81. The summed E-state index contributed by atoms with van der Waals surface area (Å²) >= 11 is 0. The molecule has 0 aromatic carbocycles. The average Bonchev–Trinajstić information content (AvgIpc) is 2.15. The van der Waals surface area contributed by atoms with Crippen LogP contribution in [0.4, 0.5) is 13.2 Å². The Labute approximate surface area is 77.5 Å². The van der Waals surface area contributed by atoms with Crippen LogP contribution in [0.5, 0.6) is 5.88 Å². The molecule has 1 heterocycles. The predicted octanol–water partition coefficient (Wildman–Crippen LogP) is 1.92. The molecule has 14 heavy (non-hydrogen) atoms. The van der Waals surface area contributed by atoms with Gasteiger partial charge in [0.1, 0.15) is 5.69 Å². The maximum absolute atomic E-state index is 12.2. The second-order valence-corrected chi connectivity index (χ2v) is 2.40. The van der Waals surface area contributed by atoms with Gasteiger partial charge in [-0.25, -0.2) is 4.98 Å². The second kappa shape index (κ2) is 3.65. The quantitative estimate of drug-likeness (QED) is 0.692. The number of pyridine rings is 1. The van der Waals surface area contributed by atoms with Gasteiger partial charge in [0.15, 0.2) is 6.29 Å². The number of hydrogen-bond acceptors (Lipinski definition) is 3. The van der Waals surface area contributed by atoms with Crippen LogP contribution < -0.4 is 4.74 Å². The minimum Gasteiger partial charge on any atom is -0.481 e. The molecule has 0 bridgehead atoms. The molecule has 3 nitrogen and oxygen atoms in total. The van der Waals surface area contributed by atoms with Crippen LogP contribution in [0.3, 0.4) is 0 Å². The molecular weight excluding hydrogens is 199 g/mol. The summed E-state index contributed by atoms with van der Waals surface area (Å²) in [5, 5.41) is 0. The van der Waals surface area contributed by atoms with Gasteiger partial charge in [-0.3, -0.25) is 4.79 Å². The fraction of sp³-hybridized carbons (Fsp3) is 0.250. The van der Waals surface area contributed by atoms with Gasteiger partial charge in [0.05, 0.1) is 12.7 Å². The Kier molecular flexibility index (Phi) is 2.73. The van der Waals surface area contributed by atoms with Crippen LogP contribution in [0.25, 0.3) is 0 Å². The van der Waals surface area contributed by atoms with Gasteiger partial charge in [-0.05, 0) is 6.07 Å². The number of halogens is 3. The molecule has 0 atom stereocenters. The van der Waals surface area contributed by atoms with Crippen molar-refractivity contribution in [1.82, 2.24) is 4.98 Å². The fourth-order valence-corrected chi connectivity index (χ4v) is 0.899. The van der Waals surface area contributed by atoms with E-state index in [0.717, 1.165) is 12.1 Å². The van der Waals surface area contributed by atoms with Crippen LogP contribution in [0, 0.1) is 0 Å². The van der Waals surface area contributed by atoms with Crippen LogP contribution in [0.2, 0.25) is 0 Å². The number of aldehydes is 1. The van der Waals surface area contributed by atoms with Crippen molar-refractivity contribution in [3.05, 3.63) is 23.4 Å². The highest BCUT2D eigenvalue weighted by Crippen LogP contribution is 2.31. The van der Waals surface area contributed by atoms with E-state index in [2.05, 4.69) is 9.72 Å². The first-order valence-electron chi connectivity index (χ1n) is 3.56. The number of hydrogen-bond donors (Lipinski definition) is 0. The molecule has 0 radical (unpaired) electrons. The lowest BCUT2D eigenvalue weighted by molar-refractivity contribution is -0.138. The van der Waals surface area contributed by atoms with Crippen molar-refractivity contribution < 1.29 is 22.7 Å². The van der Waals surface area contributed by atoms with Crippen molar-refractivity contribution in [2.75, 3.05) is 7.11 Å². The van der Waals surface area contributed by atoms with E-state index in [1.807, 2.05) is 0 Å². The summed E-state index contributed by atoms with van der Waals surface area (Å²) in [4.78, 5) is 13.7. The summed E-state index contributed by atoms with van der Waals surface area (Å²) in [6.45, 7) is 0. The minimum absolute atomic E-state index is 0.0277. The molecule has 0 N–H and O–H groups in total. The predicted molar refractivity (Wildman–Crippen MR) is 41.2 cm³/mol. The van der Waals surface area contributed by atoms with E-state index in [-0.39, 0.29) is 12.2 Å². The molecule has 1 aromatic heterocycles. The zero-order chi connectivity index (χ0) is 10.8. The SMILES string of the molecule is COc1ccc(C(F)(F)F)c(C=O)n1. The molecule has 0 spiro atoms. The topological polar surface area (TPSA) is 39.2 Å². The largest absolute Gasteiger partial charge is 0.481 e. The van der Waals surface area contributed by atoms with E-state index >= 15 is 0 Å². The van der Waals surface area contributed by atoms with Gasteiger partial charge in [0.2, 0.25) is 5.88 Å². The molecule has 0 saturated carbocycles. The monoisotopic (exact) mass is 205 g/mol. The summed E-state index contributed by atoms with van der Waals surface area (Å²) in [5.74, 6) is -0.0277. The summed E-state index contributed by atoms with van der Waals surface area (Å²) in [5.41, 5.74) is -1.73. The molecule has 0 saturated heterocycles. The lowest BCUT2D eigenvalue weighted by Crippen LogP contribution is -2.10. The van der Waals surface area contributed by atoms with E-state index in [9.17, 15) is 18.0 Å². The lowest BCUT2D eigenvalue weighted by Gasteiger charge is -2.08.